The zero-order valence-electron chi connectivity index (χ0n) is 10.8. The number of rotatable bonds is 1. The smallest absolute Gasteiger partial charge is 0.333 e. The van der Waals surface area contributed by atoms with E-state index in [2.05, 4.69) is 9.55 Å². The Balaban J connectivity index is 2.21. The fourth-order valence-corrected chi connectivity index (χ4v) is 3.03. The van der Waals surface area contributed by atoms with Gasteiger partial charge >= 0.3 is 5.69 Å². The Morgan fingerprint density at radius 3 is 2.70 bits per heavy atom. The largest absolute Gasteiger partial charge is 0.349 e. The van der Waals surface area contributed by atoms with Crippen LogP contribution in [0, 0.1) is 0 Å². The first kappa shape index (κ1) is 11.3. The minimum atomic E-state index is -0.380. The summed E-state index contributed by atoms with van der Waals surface area (Å²) in [5.41, 5.74) is 1.92. The highest BCUT2D eigenvalue weighted by Crippen LogP contribution is 2.25. The van der Waals surface area contributed by atoms with Crippen LogP contribution in [0.3, 0.4) is 0 Å². The molecule has 0 saturated carbocycles. The fourth-order valence-electron chi connectivity index (χ4n) is 3.03. The number of aromatic amines is 1. The lowest BCUT2D eigenvalue weighted by atomic mass is 10.2. The molecule has 0 aliphatic carbocycles. The summed E-state index contributed by atoms with van der Waals surface area (Å²) in [5.74, 6) is 0. The van der Waals surface area contributed by atoms with E-state index in [0.29, 0.717) is 5.39 Å². The molecule has 5 nitrogen and oxygen atoms in total. The lowest BCUT2D eigenvalue weighted by Gasteiger charge is -2.08. The first-order valence-electron chi connectivity index (χ1n) is 6.68. The Morgan fingerprint density at radius 1 is 1.10 bits per heavy atom. The van der Waals surface area contributed by atoms with Gasteiger partial charge in [0.15, 0.2) is 0 Å². The highest BCUT2D eigenvalue weighted by atomic mass is 16.2. The minimum Gasteiger partial charge on any atom is -0.349 e. The molecular weight excluding hydrogens is 254 g/mol. The predicted molar refractivity (Wildman–Crippen MR) is 76.5 cm³/mol. The van der Waals surface area contributed by atoms with Crippen molar-refractivity contribution >= 4 is 10.9 Å². The van der Waals surface area contributed by atoms with Crippen LogP contribution in [0.2, 0.25) is 0 Å². The number of aryl methyl sites for hydroxylation is 2. The Hall–Kier alpha value is -2.56. The van der Waals surface area contributed by atoms with E-state index in [4.69, 9.17) is 0 Å². The molecule has 3 aromatic rings. The van der Waals surface area contributed by atoms with Crippen LogP contribution in [0.1, 0.15) is 12.1 Å². The van der Waals surface area contributed by atoms with E-state index in [0.717, 1.165) is 36.3 Å². The number of hydrogen-bond donors (Lipinski definition) is 1. The number of benzene rings is 1. The third kappa shape index (κ3) is 1.43. The molecule has 1 aliphatic heterocycles. The SMILES string of the molecule is O=c1[nH]c(=O)n(-c2ccccc2)c2c3n(cc12)CCC3. The van der Waals surface area contributed by atoms with Crippen molar-refractivity contribution in [1.82, 2.24) is 14.1 Å². The summed E-state index contributed by atoms with van der Waals surface area (Å²) >= 11 is 0. The molecule has 0 atom stereocenters. The van der Waals surface area contributed by atoms with Crippen LogP contribution >= 0.6 is 0 Å². The summed E-state index contributed by atoms with van der Waals surface area (Å²) < 4.78 is 3.69. The van der Waals surface area contributed by atoms with E-state index in [1.807, 2.05) is 36.5 Å². The summed E-state index contributed by atoms with van der Waals surface area (Å²) in [5, 5.41) is 0.586. The van der Waals surface area contributed by atoms with Crippen LogP contribution in [0.4, 0.5) is 0 Å². The molecule has 0 fully saturated rings. The van der Waals surface area contributed by atoms with E-state index in [-0.39, 0.29) is 11.2 Å². The van der Waals surface area contributed by atoms with Gasteiger partial charge in [-0.3, -0.25) is 14.3 Å². The lowest BCUT2D eigenvalue weighted by molar-refractivity contribution is 0.752. The van der Waals surface area contributed by atoms with Gasteiger partial charge in [-0.25, -0.2) is 4.79 Å². The molecule has 4 rings (SSSR count). The molecule has 3 heterocycles. The van der Waals surface area contributed by atoms with Crippen LogP contribution in [0.15, 0.2) is 46.1 Å². The second-order valence-corrected chi connectivity index (χ2v) is 5.07. The summed E-state index contributed by atoms with van der Waals surface area (Å²) in [6.07, 6.45) is 3.82. The Morgan fingerprint density at radius 2 is 1.90 bits per heavy atom. The van der Waals surface area contributed by atoms with E-state index in [1.165, 1.54) is 0 Å². The molecule has 0 unspecified atom stereocenters. The molecule has 1 aromatic carbocycles. The van der Waals surface area contributed by atoms with Gasteiger partial charge in [0.05, 0.1) is 16.6 Å². The molecule has 1 N–H and O–H groups in total. The predicted octanol–water partition coefficient (Wildman–Crippen LogP) is 1.43. The molecule has 20 heavy (non-hydrogen) atoms. The van der Waals surface area contributed by atoms with Crippen LogP contribution in [0.25, 0.3) is 16.6 Å². The number of nitrogens with zero attached hydrogens (tertiary/aromatic N) is 2. The minimum absolute atomic E-state index is 0.306. The molecule has 0 radical (unpaired) electrons. The molecule has 2 aromatic heterocycles. The van der Waals surface area contributed by atoms with Crippen molar-refractivity contribution in [3.8, 4) is 5.69 Å². The molecular formula is C15H13N3O2. The second kappa shape index (κ2) is 3.96. The first-order valence-corrected chi connectivity index (χ1v) is 6.68. The maximum atomic E-state index is 12.3. The van der Waals surface area contributed by atoms with E-state index < -0.39 is 0 Å². The molecule has 0 spiro atoms. The van der Waals surface area contributed by atoms with E-state index in [1.54, 1.807) is 4.57 Å². The van der Waals surface area contributed by atoms with Crippen molar-refractivity contribution in [2.45, 2.75) is 19.4 Å². The van der Waals surface area contributed by atoms with Gasteiger partial charge in [-0.05, 0) is 25.0 Å². The highest BCUT2D eigenvalue weighted by molar-refractivity contribution is 5.83. The monoisotopic (exact) mass is 267 g/mol. The maximum absolute atomic E-state index is 12.3. The van der Waals surface area contributed by atoms with Crippen LogP contribution in [-0.2, 0) is 13.0 Å². The Labute approximate surface area is 114 Å². The fraction of sp³-hybridized carbons (Fsp3) is 0.200. The molecule has 5 heteroatoms. The van der Waals surface area contributed by atoms with Crippen molar-refractivity contribution in [1.29, 1.82) is 0 Å². The second-order valence-electron chi connectivity index (χ2n) is 5.07. The maximum Gasteiger partial charge on any atom is 0.333 e. The molecule has 0 saturated heterocycles. The standard InChI is InChI=1S/C15H13N3O2/c19-14-11-9-17-8-4-7-12(17)13(11)18(15(20)16-14)10-5-2-1-3-6-10/h1-3,5-6,9H,4,7-8H2,(H,16,19,20). The number of para-hydroxylation sites is 1. The van der Waals surface area contributed by atoms with Crippen LogP contribution in [0.5, 0.6) is 0 Å². The van der Waals surface area contributed by atoms with Gasteiger partial charge in [0.25, 0.3) is 5.56 Å². The summed E-state index contributed by atoms with van der Waals surface area (Å²) in [4.78, 5) is 26.7. The number of hydrogen-bond acceptors (Lipinski definition) is 2. The summed E-state index contributed by atoms with van der Waals surface area (Å²) in [6.45, 7) is 0.909. The number of H-pyrrole nitrogens is 1. The first-order chi connectivity index (χ1) is 9.75. The Kier molecular flexibility index (Phi) is 2.24. The number of fused-ring (bicyclic) bond motifs is 3. The molecule has 100 valence electrons. The van der Waals surface area contributed by atoms with Crippen LogP contribution in [-0.4, -0.2) is 14.1 Å². The topological polar surface area (TPSA) is 59.8 Å². The lowest BCUT2D eigenvalue weighted by Crippen LogP contribution is -2.29. The number of aromatic nitrogens is 3. The molecule has 0 amide bonds. The quantitative estimate of drug-likeness (QED) is 0.725. The number of nitrogens with one attached hydrogen (secondary N) is 1. The summed E-state index contributed by atoms with van der Waals surface area (Å²) in [7, 11) is 0. The van der Waals surface area contributed by atoms with Gasteiger partial charge in [0.1, 0.15) is 0 Å². The molecule has 1 aliphatic rings. The zero-order chi connectivity index (χ0) is 13.7. The van der Waals surface area contributed by atoms with Gasteiger partial charge in [-0.2, -0.15) is 0 Å². The van der Waals surface area contributed by atoms with Crippen molar-refractivity contribution in [2.24, 2.45) is 0 Å². The highest BCUT2D eigenvalue weighted by Gasteiger charge is 2.21. The average molecular weight is 267 g/mol. The van der Waals surface area contributed by atoms with E-state index in [9.17, 15) is 9.59 Å². The van der Waals surface area contributed by atoms with E-state index >= 15 is 0 Å². The summed E-state index contributed by atoms with van der Waals surface area (Å²) in [6, 6.07) is 9.42. The van der Waals surface area contributed by atoms with Gasteiger partial charge in [0, 0.05) is 18.4 Å². The van der Waals surface area contributed by atoms with Gasteiger partial charge in [0.2, 0.25) is 0 Å². The Bertz CT molecular complexity index is 916. The third-order valence-corrected chi connectivity index (χ3v) is 3.88. The average Bonchev–Trinajstić information content (AvgIpc) is 3.02. The van der Waals surface area contributed by atoms with Crippen molar-refractivity contribution < 1.29 is 0 Å². The van der Waals surface area contributed by atoms with Crippen molar-refractivity contribution in [3.05, 3.63) is 63.1 Å². The van der Waals surface area contributed by atoms with Crippen LogP contribution < -0.4 is 11.2 Å². The zero-order valence-corrected chi connectivity index (χ0v) is 10.8. The normalized spacial score (nSPS) is 13.8. The van der Waals surface area contributed by atoms with Crippen molar-refractivity contribution in [2.75, 3.05) is 0 Å². The van der Waals surface area contributed by atoms with Crippen molar-refractivity contribution in [3.63, 3.8) is 0 Å². The third-order valence-electron chi connectivity index (χ3n) is 3.88. The van der Waals surface area contributed by atoms with Gasteiger partial charge < -0.3 is 4.57 Å². The van der Waals surface area contributed by atoms with Gasteiger partial charge in [-0.1, -0.05) is 18.2 Å². The molecule has 0 bridgehead atoms. The van der Waals surface area contributed by atoms with Gasteiger partial charge in [-0.15, -0.1) is 0 Å².